The van der Waals surface area contributed by atoms with Gasteiger partial charge in [-0.25, -0.2) is 0 Å². The van der Waals surface area contributed by atoms with Crippen LogP contribution in [0.4, 0.5) is 11.4 Å². The van der Waals surface area contributed by atoms with E-state index in [0.29, 0.717) is 0 Å². The van der Waals surface area contributed by atoms with E-state index in [9.17, 15) is 0 Å². The minimum Gasteiger partial charge on any atom is -0.399 e. The van der Waals surface area contributed by atoms with Crippen molar-refractivity contribution < 1.29 is 4.74 Å². The number of rotatable bonds is 1. The van der Waals surface area contributed by atoms with E-state index in [2.05, 4.69) is 17.0 Å². The summed E-state index contributed by atoms with van der Waals surface area (Å²) in [6, 6.07) is 6.19. The van der Waals surface area contributed by atoms with Crippen LogP contribution in [0, 0.1) is 6.92 Å². The molecule has 0 atom stereocenters. The van der Waals surface area contributed by atoms with Crippen LogP contribution in [0.5, 0.6) is 0 Å². The summed E-state index contributed by atoms with van der Waals surface area (Å²) in [6.07, 6.45) is 0. The molecule has 1 saturated heterocycles. The standard InChI is InChI=1S/C11H16N2O.C2H6/c1-9-8-10(2-3-11(9)12)13-4-6-14-7-5-13;1-2/h2-3,8H,4-7,12H2,1H3;1-2H3. The third-order valence-corrected chi connectivity index (χ3v) is 2.63. The van der Waals surface area contributed by atoms with E-state index in [0.717, 1.165) is 37.6 Å². The first-order valence-corrected chi connectivity index (χ1v) is 5.96. The summed E-state index contributed by atoms with van der Waals surface area (Å²) < 4.78 is 5.31. The van der Waals surface area contributed by atoms with Gasteiger partial charge in [-0.1, -0.05) is 13.8 Å². The number of nitrogens with zero attached hydrogens (tertiary/aromatic N) is 1. The second-order valence-corrected chi connectivity index (χ2v) is 3.64. The Hall–Kier alpha value is -1.22. The van der Waals surface area contributed by atoms with Gasteiger partial charge in [0.25, 0.3) is 0 Å². The normalized spacial score (nSPS) is 15.3. The van der Waals surface area contributed by atoms with E-state index in [-0.39, 0.29) is 0 Å². The van der Waals surface area contributed by atoms with Gasteiger partial charge in [0, 0.05) is 24.5 Å². The topological polar surface area (TPSA) is 38.5 Å². The molecule has 0 bridgehead atoms. The Morgan fingerprint density at radius 3 is 2.38 bits per heavy atom. The Morgan fingerprint density at radius 1 is 1.19 bits per heavy atom. The summed E-state index contributed by atoms with van der Waals surface area (Å²) in [5.41, 5.74) is 9.04. The Balaban J connectivity index is 0.000000606. The predicted molar refractivity (Wildman–Crippen MR) is 70.0 cm³/mol. The largest absolute Gasteiger partial charge is 0.399 e. The maximum atomic E-state index is 5.78. The second kappa shape index (κ2) is 6.38. The summed E-state index contributed by atoms with van der Waals surface area (Å²) in [7, 11) is 0. The number of nitrogens with two attached hydrogens (primary N) is 1. The van der Waals surface area contributed by atoms with Crippen LogP contribution in [0.15, 0.2) is 18.2 Å². The zero-order valence-corrected chi connectivity index (χ0v) is 10.5. The summed E-state index contributed by atoms with van der Waals surface area (Å²) >= 11 is 0. The molecule has 0 aliphatic carbocycles. The predicted octanol–water partition coefficient (Wildman–Crippen LogP) is 2.44. The molecule has 90 valence electrons. The first-order valence-electron chi connectivity index (χ1n) is 5.96. The fourth-order valence-electron chi connectivity index (χ4n) is 1.68. The van der Waals surface area contributed by atoms with Gasteiger partial charge in [-0.05, 0) is 30.7 Å². The molecule has 1 aliphatic heterocycles. The van der Waals surface area contributed by atoms with Gasteiger partial charge in [0.1, 0.15) is 0 Å². The number of hydrogen-bond acceptors (Lipinski definition) is 3. The lowest BCUT2D eigenvalue weighted by Crippen LogP contribution is -2.36. The van der Waals surface area contributed by atoms with Gasteiger partial charge in [0.05, 0.1) is 13.2 Å². The van der Waals surface area contributed by atoms with Gasteiger partial charge in [-0.15, -0.1) is 0 Å². The minimum atomic E-state index is 0.823. The zero-order valence-electron chi connectivity index (χ0n) is 10.5. The van der Waals surface area contributed by atoms with E-state index in [1.807, 2.05) is 26.8 Å². The molecule has 1 aliphatic rings. The summed E-state index contributed by atoms with van der Waals surface area (Å²) in [5.74, 6) is 0. The number of benzene rings is 1. The van der Waals surface area contributed by atoms with Crippen LogP contribution in [0.1, 0.15) is 19.4 Å². The van der Waals surface area contributed by atoms with Crippen molar-refractivity contribution in [3.05, 3.63) is 23.8 Å². The molecule has 0 spiro atoms. The highest BCUT2D eigenvalue weighted by Gasteiger charge is 2.11. The number of morpholine rings is 1. The third kappa shape index (κ3) is 3.14. The van der Waals surface area contributed by atoms with Gasteiger partial charge in [0.2, 0.25) is 0 Å². The number of hydrogen-bond donors (Lipinski definition) is 1. The molecule has 0 aromatic heterocycles. The molecule has 0 amide bonds. The lowest BCUT2D eigenvalue weighted by molar-refractivity contribution is 0.122. The molecule has 0 saturated carbocycles. The number of anilines is 2. The summed E-state index contributed by atoms with van der Waals surface area (Å²) in [5, 5.41) is 0. The second-order valence-electron chi connectivity index (χ2n) is 3.64. The SMILES string of the molecule is CC.Cc1cc(N2CCOCC2)ccc1N. The van der Waals surface area contributed by atoms with Gasteiger partial charge in [0.15, 0.2) is 0 Å². The van der Waals surface area contributed by atoms with Crippen molar-refractivity contribution in [2.24, 2.45) is 0 Å². The Bertz CT molecular complexity index is 320. The molecule has 1 aromatic carbocycles. The Kier molecular flexibility index (Phi) is 5.12. The molecule has 3 nitrogen and oxygen atoms in total. The lowest BCUT2D eigenvalue weighted by Gasteiger charge is -2.29. The maximum absolute atomic E-state index is 5.78. The molecule has 1 aromatic rings. The quantitative estimate of drug-likeness (QED) is 0.742. The molecular formula is C13H22N2O. The van der Waals surface area contributed by atoms with Gasteiger partial charge < -0.3 is 15.4 Å². The Morgan fingerprint density at radius 2 is 1.81 bits per heavy atom. The van der Waals surface area contributed by atoms with Crippen LogP contribution in [0.3, 0.4) is 0 Å². The average molecular weight is 222 g/mol. The fraction of sp³-hybridized carbons (Fsp3) is 0.538. The molecule has 2 rings (SSSR count). The average Bonchev–Trinajstić information content (AvgIpc) is 2.36. The van der Waals surface area contributed by atoms with Crippen molar-refractivity contribution in [3.8, 4) is 0 Å². The van der Waals surface area contributed by atoms with Crippen LogP contribution in [-0.2, 0) is 4.74 Å². The van der Waals surface area contributed by atoms with Crippen molar-refractivity contribution in [2.45, 2.75) is 20.8 Å². The van der Waals surface area contributed by atoms with E-state index >= 15 is 0 Å². The van der Waals surface area contributed by atoms with Gasteiger partial charge >= 0.3 is 0 Å². The molecule has 0 unspecified atom stereocenters. The summed E-state index contributed by atoms with van der Waals surface area (Å²) in [4.78, 5) is 2.33. The summed E-state index contributed by atoms with van der Waals surface area (Å²) in [6.45, 7) is 9.64. The monoisotopic (exact) mass is 222 g/mol. The van der Waals surface area contributed by atoms with Crippen LogP contribution in [0.25, 0.3) is 0 Å². The smallest absolute Gasteiger partial charge is 0.0642 e. The molecular weight excluding hydrogens is 200 g/mol. The third-order valence-electron chi connectivity index (χ3n) is 2.63. The molecule has 0 radical (unpaired) electrons. The molecule has 1 heterocycles. The number of aryl methyl sites for hydroxylation is 1. The van der Waals surface area contributed by atoms with E-state index in [4.69, 9.17) is 10.5 Å². The Labute approximate surface area is 98.2 Å². The van der Waals surface area contributed by atoms with Crippen LogP contribution < -0.4 is 10.6 Å². The van der Waals surface area contributed by atoms with Crippen molar-refractivity contribution in [1.82, 2.24) is 0 Å². The van der Waals surface area contributed by atoms with Crippen molar-refractivity contribution in [1.29, 1.82) is 0 Å². The molecule has 2 N–H and O–H groups in total. The fourth-order valence-corrected chi connectivity index (χ4v) is 1.68. The van der Waals surface area contributed by atoms with Crippen LogP contribution in [0.2, 0.25) is 0 Å². The zero-order chi connectivity index (χ0) is 12.0. The number of ether oxygens (including phenoxy) is 1. The van der Waals surface area contributed by atoms with E-state index in [1.165, 1.54) is 5.69 Å². The highest BCUT2D eigenvalue weighted by Crippen LogP contribution is 2.21. The molecule has 1 fully saturated rings. The first-order chi connectivity index (χ1) is 7.77. The van der Waals surface area contributed by atoms with Crippen molar-refractivity contribution >= 4 is 11.4 Å². The maximum Gasteiger partial charge on any atom is 0.0642 e. The molecule has 16 heavy (non-hydrogen) atoms. The van der Waals surface area contributed by atoms with Crippen molar-refractivity contribution in [3.63, 3.8) is 0 Å². The first kappa shape index (κ1) is 12.8. The highest BCUT2D eigenvalue weighted by molar-refractivity contribution is 5.58. The van der Waals surface area contributed by atoms with E-state index < -0.39 is 0 Å². The van der Waals surface area contributed by atoms with Crippen molar-refractivity contribution in [2.75, 3.05) is 36.9 Å². The van der Waals surface area contributed by atoms with E-state index in [1.54, 1.807) is 0 Å². The van der Waals surface area contributed by atoms with Gasteiger partial charge in [-0.2, -0.15) is 0 Å². The lowest BCUT2D eigenvalue weighted by atomic mass is 10.1. The minimum absolute atomic E-state index is 0.823. The molecule has 3 heteroatoms. The van der Waals surface area contributed by atoms with Gasteiger partial charge in [-0.3, -0.25) is 0 Å². The highest BCUT2D eigenvalue weighted by atomic mass is 16.5. The van der Waals surface area contributed by atoms with Crippen LogP contribution >= 0.6 is 0 Å². The van der Waals surface area contributed by atoms with Crippen LogP contribution in [-0.4, -0.2) is 26.3 Å². The number of nitrogen functional groups attached to an aromatic ring is 1.